The molecule has 0 spiro atoms. The van der Waals surface area contributed by atoms with Crippen LogP contribution in [0.15, 0.2) is 60.7 Å². The van der Waals surface area contributed by atoms with Crippen molar-refractivity contribution < 1.29 is 19.2 Å². The van der Waals surface area contributed by atoms with Gasteiger partial charge in [-0.25, -0.2) is 0 Å². The molecule has 2 aliphatic rings. The summed E-state index contributed by atoms with van der Waals surface area (Å²) in [4.78, 5) is 53.6. The highest BCUT2D eigenvalue weighted by Crippen LogP contribution is 2.58. The third kappa shape index (κ3) is 4.00. The Labute approximate surface area is 199 Å². The van der Waals surface area contributed by atoms with Crippen molar-refractivity contribution >= 4 is 23.6 Å². The number of nitrogens with one attached hydrogen (secondary N) is 2. The monoisotopic (exact) mass is 461 g/mol. The fraction of sp³-hybridized carbons (Fsp3) is 0.407. The van der Waals surface area contributed by atoms with Gasteiger partial charge in [0.15, 0.2) is 0 Å². The summed E-state index contributed by atoms with van der Waals surface area (Å²) in [5.74, 6) is -1.89. The number of hydrogen-bond acceptors (Lipinski definition) is 4. The molecule has 178 valence electrons. The van der Waals surface area contributed by atoms with Gasteiger partial charge in [-0.2, -0.15) is 0 Å². The number of amides is 4. The Hall–Kier alpha value is -3.48. The van der Waals surface area contributed by atoms with Gasteiger partial charge in [0.25, 0.3) is 0 Å². The predicted molar refractivity (Wildman–Crippen MR) is 127 cm³/mol. The van der Waals surface area contributed by atoms with Gasteiger partial charge in [0.05, 0.1) is 11.3 Å². The van der Waals surface area contributed by atoms with E-state index in [4.69, 9.17) is 0 Å². The molecule has 2 bridgehead atoms. The number of benzene rings is 2. The quantitative estimate of drug-likeness (QED) is 0.540. The van der Waals surface area contributed by atoms with Crippen LogP contribution in [0.2, 0.25) is 0 Å². The lowest BCUT2D eigenvalue weighted by atomic mass is 9.51. The maximum Gasteiger partial charge on any atom is 0.250 e. The van der Waals surface area contributed by atoms with Gasteiger partial charge >= 0.3 is 0 Å². The molecule has 1 aliphatic carbocycles. The molecule has 2 N–H and O–H groups in total. The maximum atomic E-state index is 13.4. The fourth-order valence-corrected chi connectivity index (χ4v) is 6.26. The molecule has 1 saturated carbocycles. The summed E-state index contributed by atoms with van der Waals surface area (Å²) in [7, 11) is 1.51. The third-order valence-corrected chi connectivity index (χ3v) is 7.36. The molecule has 0 radical (unpaired) electrons. The van der Waals surface area contributed by atoms with Gasteiger partial charge in [-0.1, -0.05) is 81.4 Å². The highest BCUT2D eigenvalue weighted by molar-refractivity contribution is 6.04. The lowest BCUT2D eigenvalue weighted by Gasteiger charge is -2.55. The predicted octanol–water partition coefficient (Wildman–Crippen LogP) is 3.17. The summed E-state index contributed by atoms with van der Waals surface area (Å²) in [6.45, 7) is 5.41. The number of rotatable bonds is 4. The molecule has 1 saturated heterocycles. The number of likely N-dealkylation sites (tertiary alicyclic amines) is 1. The zero-order chi connectivity index (χ0) is 24.7. The van der Waals surface area contributed by atoms with Crippen molar-refractivity contribution in [1.29, 1.82) is 0 Å². The molecule has 1 aliphatic heterocycles. The van der Waals surface area contributed by atoms with Crippen LogP contribution >= 0.6 is 0 Å². The Kier molecular flexibility index (Phi) is 5.84. The minimum Gasteiger partial charge on any atom is -0.285 e. The number of nitrogens with zero attached hydrogens (tertiary/aromatic N) is 1. The molecule has 4 rings (SSSR count). The van der Waals surface area contributed by atoms with Crippen LogP contribution in [0.1, 0.15) is 57.1 Å². The van der Waals surface area contributed by atoms with E-state index in [0.717, 1.165) is 11.1 Å². The molecule has 2 aromatic carbocycles. The van der Waals surface area contributed by atoms with Crippen molar-refractivity contribution in [1.82, 2.24) is 15.8 Å². The van der Waals surface area contributed by atoms with Gasteiger partial charge in [0, 0.05) is 17.9 Å². The van der Waals surface area contributed by atoms with Gasteiger partial charge in [-0.15, -0.1) is 0 Å². The lowest BCUT2D eigenvalue weighted by molar-refractivity contribution is -0.178. The molecule has 7 nitrogen and oxygen atoms in total. The topological polar surface area (TPSA) is 95.6 Å². The number of carbonyl (C=O) groups excluding carboxylic acids is 4. The average molecular weight is 462 g/mol. The van der Waals surface area contributed by atoms with Crippen molar-refractivity contribution in [2.75, 3.05) is 7.05 Å². The van der Waals surface area contributed by atoms with Crippen LogP contribution in [-0.2, 0) is 19.2 Å². The first kappa shape index (κ1) is 23.7. The minimum absolute atomic E-state index is 0.258. The average Bonchev–Trinajstić information content (AvgIpc) is 2.81. The van der Waals surface area contributed by atoms with Crippen LogP contribution in [0.25, 0.3) is 0 Å². The molecule has 7 heteroatoms. The Morgan fingerprint density at radius 3 is 1.65 bits per heavy atom. The summed E-state index contributed by atoms with van der Waals surface area (Å²) in [5, 5.41) is 0. The first-order valence-electron chi connectivity index (χ1n) is 11.5. The smallest absolute Gasteiger partial charge is 0.250 e. The summed E-state index contributed by atoms with van der Waals surface area (Å²) in [5.41, 5.74) is 4.19. The first-order chi connectivity index (χ1) is 16.0. The SMILES string of the molecule is CN1C(=O)C2(C)CC(C)(C(=O)NNC(=O)C(c3ccccc3)c3ccccc3)CC(C)(C2)C1=O. The van der Waals surface area contributed by atoms with Crippen LogP contribution in [0.4, 0.5) is 0 Å². The maximum absolute atomic E-state index is 13.4. The molecule has 2 unspecified atom stereocenters. The van der Waals surface area contributed by atoms with Crippen molar-refractivity contribution in [3.63, 3.8) is 0 Å². The van der Waals surface area contributed by atoms with Crippen molar-refractivity contribution in [2.45, 2.75) is 46.0 Å². The van der Waals surface area contributed by atoms with Crippen LogP contribution < -0.4 is 10.9 Å². The van der Waals surface area contributed by atoms with E-state index in [1.807, 2.05) is 74.5 Å². The fourth-order valence-electron chi connectivity index (χ4n) is 6.26. The largest absolute Gasteiger partial charge is 0.285 e. The van der Waals surface area contributed by atoms with Gasteiger partial charge in [-0.05, 0) is 30.4 Å². The second-order valence-corrected chi connectivity index (χ2v) is 10.6. The van der Waals surface area contributed by atoms with Crippen LogP contribution in [0, 0.1) is 16.2 Å². The van der Waals surface area contributed by atoms with E-state index in [0.29, 0.717) is 19.3 Å². The molecule has 1 heterocycles. The second kappa shape index (κ2) is 8.38. The minimum atomic E-state index is -0.989. The number of piperidine rings is 1. The summed E-state index contributed by atoms with van der Waals surface area (Å²) in [6.07, 6.45) is 1.02. The standard InChI is InChI=1S/C27H31N3O4/c1-25(15-26(2)17-27(3,16-25)24(34)30(4)23(26)33)22(32)29-28-21(31)20(18-11-7-5-8-12-18)19-13-9-6-10-14-19/h5-14,20H,15-17H2,1-4H3,(H,28,31)(H,29,32). The molecule has 2 aromatic rings. The Bertz CT molecular complexity index is 1060. The number of hydrogen-bond donors (Lipinski definition) is 2. The zero-order valence-electron chi connectivity index (χ0n) is 20.1. The van der Waals surface area contributed by atoms with Crippen LogP contribution in [0.3, 0.4) is 0 Å². The lowest BCUT2D eigenvalue weighted by Crippen LogP contribution is -2.64. The van der Waals surface area contributed by atoms with Gasteiger partial charge in [-0.3, -0.25) is 34.9 Å². The summed E-state index contributed by atoms with van der Waals surface area (Å²) in [6, 6.07) is 18.7. The van der Waals surface area contributed by atoms with Crippen molar-refractivity contribution in [3.8, 4) is 0 Å². The van der Waals surface area contributed by atoms with Gasteiger partial charge in [0.2, 0.25) is 23.6 Å². The number of imide groups is 1. The highest BCUT2D eigenvalue weighted by atomic mass is 16.2. The van der Waals surface area contributed by atoms with E-state index in [9.17, 15) is 19.2 Å². The van der Waals surface area contributed by atoms with E-state index in [2.05, 4.69) is 10.9 Å². The van der Waals surface area contributed by atoms with Crippen LogP contribution in [0.5, 0.6) is 0 Å². The molecular weight excluding hydrogens is 430 g/mol. The molecule has 2 fully saturated rings. The van der Waals surface area contributed by atoms with E-state index in [1.54, 1.807) is 6.92 Å². The molecule has 4 amide bonds. The van der Waals surface area contributed by atoms with Gasteiger partial charge < -0.3 is 0 Å². The Balaban J connectivity index is 1.54. The molecule has 2 atom stereocenters. The zero-order valence-corrected chi connectivity index (χ0v) is 20.1. The summed E-state index contributed by atoms with van der Waals surface area (Å²) >= 11 is 0. The third-order valence-electron chi connectivity index (χ3n) is 7.36. The normalized spacial score (nSPS) is 28.6. The van der Waals surface area contributed by atoms with Crippen LogP contribution in [-0.4, -0.2) is 35.6 Å². The number of hydrazine groups is 1. The van der Waals surface area contributed by atoms with E-state index >= 15 is 0 Å². The first-order valence-corrected chi connectivity index (χ1v) is 11.5. The molecule has 34 heavy (non-hydrogen) atoms. The Morgan fingerprint density at radius 2 is 1.21 bits per heavy atom. The molecule has 0 aromatic heterocycles. The van der Waals surface area contributed by atoms with E-state index in [1.165, 1.54) is 11.9 Å². The highest BCUT2D eigenvalue weighted by Gasteiger charge is 2.62. The number of carbonyl (C=O) groups is 4. The van der Waals surface area contributed by atoms with E-state index < -0.39 is 28.1 Å². The van der Waals surface area contributed by atoms with Crippen molar-refractivity contribution in [3.05, 3.63) is 71.8 Å². The number of fused-ring (bicyclic) bond motifs is 2. The van der Waals surface area contributed by atoms with Gasteiger partial charge in [0.1, 0.15) is 0 Å². The van der Waals surface area contributed by atoms with E-state index in [-0.39, 0.29) is 17.7 Å². The summed E-state index contributed by atoms with van der Waals surface area (Å²) < 4.78 is 0. The van der Waals surface area contributed by atoms with Crippen molar-refractivity contribution in [2.24, 2.45) is 16.2 Å². The second-order valence-electron chi connectivity index (χ2n) is 10.6. The molecular formula is C27H31N3O4. The Morgan fingerprint density at radius 1 is 0.765 bits per heavy atom.